The maximum atomic E-state index is 12.3. The number of carbonyl (C=O) groups is 1. The van der Waals surface area contributed by atoms with Gasteiger partial charge < -0.3 is 5.32 Å². The van der Waals surface area contributed by atoms with E-state index in [1.165, 1.54) is 11.8 Å². The Morgan fingerprint density at radius 1 is 1.26 bits per heavy atom. The van der Waals surface area contributed by atoms with Gasteiger partial charge >= 0.3 is 0 Å². The summed E-state index contributed by atoms with van der Waals surface area (Å²) in [5.41, 5.74) is 5.78. The number of aromatic nitrogens is 3. The van der Waals surface area contributed by atoms with Crippen LogP contribution in [0.25, 0.3) is 5.65 Å². The van der Waals surface area contributed by atoms with Gasteiger partial charge in [-0.2, -0.15) is 10.4 Å². The second-order valence-corrected chi connectivity index (χ2v) is 6.99. The Labute approximate surface area is 158 Å². The highest BCUT2D eigenvalue weighted by molar-refractivity contribution is 5.90. The van der Waals surface area contributed by atoms with Crippen LogP contribution in [0.15, 0.2) is 30.5 Å². The molecule has 0 unspecified atom stereocenters. The van der Waals surface area contributed by atoms with Gasteiger partial charge in [0.1, 0.15) is 11.6 Å². The minimum Gasteiger partial charge on any atom is -0.326 e. The molecule has 6 heteroatoms. The van der Waals surface area contributed by atoms with Crippen LogP contribution in [0.4, 0.5) is 5.69 Å². The number of hydrogen-bond acceptors (Lipinski definition) is 4. The van der Waals surface area contributed by atoms with Gasteiger partial charge in [0.25, 0.3) is 0 Å². The molecule has 0 spiro atoms. The van der Waals surface area contributed by atoms with Crippen molar-refractivity contribution in [2.75, 3.05) is 5.32 Å². The Hall–Kier alpha value is -3.20. The van der Waals surface area contributed by atoms with Gasteiger partial charge in [0.2, 0.25) is 5.91 Å². The highest BCUT2D eigenvalue weighted by Crippen LogP contribution is 2.20. The van der Waals surface area contributed by atoms with Crippen molar-refractivity contribution in [1.29, 1.82) is 5.26 Å². The highest BCUT2D eigenvalue weighted by atomic mass is 16.1. The Morgan fingerprint density at radius 2 is 1.96 bits per heavy atom. The van der Waals surface area contributed by atoms with Gasteiger partial charge in [0, 0.05) is 23.5 Å². The zero-order chi connectivity index (χ0) is 19.6. The van der Waals surface area contributed by atoms with E-state index >= 15 is 0 Å². The van der Waals surface area contributed by atoms with E-state index < -0.39 is 0 Å². The summed E-state index contributed by atoms with van der Waals surface area (Å²) >= 11 is 0. The second kappa shape index (κ2) is 7.58. The number of nitriles is 1. The highest BCUT2D eigenvalue weighted by Gasteiger charge is 2.14. The lowest BCUT2D eigenvalue weighted by atomic mass is 10.0. The van der Waals surface area contributed by atoms with Crippen LogP contribution in [0.1, 0.15) is 54.3 Å². The summed E-state index contributed by atoms with van der Waals surface area (Å²) in [6.45, 7) is 8.12. The summed E-state index contributed by atoms with van der Waals surface area (Å²) in [4.78, 5) is 16.8. The zero-order valence-corrected chi connectivity index (χ0v) is 16.1. The van der Waals surface area contributed by atoms with Gasteiger partial charge in [-0.1, -0.05) is 26.0 Å². The van der Waals surface area contributed by atoms with E-state index in [1.54, 1.807) is 4.52 Å². The molecular weight excluding hydrogens is 338 g/mol. The van der Waals surface area contributed by atoms with Crippen LogP contribution in [0.3, 0.4) is 0 Å². The fourth-order valence-electron chi connectivity index (χ4n) is 3.17. The van der Waals surface area contributed by atoms with E-state index in [0.717, 1.165) is 22.6 Å². The first-order chi connectivity index (χ1) is 12.9. The van der Waals surface area contributed by atoms with E-state index in [1.807, 2.05) is 38.1 Å². The first-order valence-corrected chi connectivity index (χ1v) is 9.04. The molecular formula is C21H23N5O. The summed E-state index contributed by atoms with van der Waals surface area (Å²) in [5.74, 6) is 0.427. The first kappa shape index (κ1) is 18.6. The van der Waals surface area contributed by atoms with Crippen molar-refractivity contribution < 1.29 is 4.79 Å². The van der Waals surface area contributed by atoms with Crippen LogP contribution in [-0.2, 0) is 11.2 Å². The van der Waals surface area contributed by atoms with E-state index in [9.17, 15) is 4.79 Å². The third-order valence-electron chi connectivity index (χ3n) is 4.79. The molecule has 3 rings (SSSR count). The normalized spacial score (nSPS) is 11.0. The largest absolute Gasteiger partial charge is 0.326 e. The number of nitrogens with one attached hydrogen (secondary N) is 1. The molecule has 1 amide bonds. The molecule has 0 saturated carbocycles. The minimum atomic E-state index is -0.0376. The zero-order valence-electron chi connectivity index (χ0n) is 16.1. The average Bonchev–Trinajstić information content (AvgIpc) is 3.05. The maximum Gasteiger partial charge on any atom is 0.224 e. The summed E-state index contributed by atoms with van der Waals surface area (Å²) in [6, 6.07) is 10.0. The monoisotopic (exact) mass is 361 g/mol. The van der Waals surface area contributed by atoms with E-state index in [-0.39, 0.29) is 5.91 Å². The quantitative estimate of drug-likeness (QED) is 0.747. The van der Waals surface area contributed by atoms with Gasteiger partial charge in [0.15, 0.2) is 5.65 Å². The molecule has 0 bridgehead atoms. The van der Waals surface area contributed by atoms with Crippen LogP contribution in [0.5, 0.6) is 0 Å². The van der Waals surface area contributed by atoms with Crippen molar-refractivity contribution in [2.24, 2.45) is 0 Å². The topological polar surface area (TPSA) is 83.1 Å². The molecule has 0 radical (unpaired) electrons. The number of fused-ring (bicyclic) bond motifs is 1. The van der Waals surface area contributed by atoms with Gasteiger partial charge in [-0.05, 0) is 49.4 Å². The molecule has 2 heterocycles. The lowest BCUT2D eigenvalue weighted by molar-refractivity contribution is -0.116. The van der Waals surface area contributed by atoms with Gasteiger partial charge in [-0.25, -0.2) is 9.50 Å². The molecule has 0 aliphatic heterocycles. The Bertz CT molecular complexity index is 1030. The van der Waals surface area contributed by atoms with Crippen molar-refractivity contribution in [1.82, 2.24) is 14.6 Å². The molecule has 1 aromatic carbocycles. The summed E-state index contributed by atoms with van der Waals surface area (Å²) < 4.78 is 1.67. The molecule has 1 N–H and O–H groups in total. The summed E-state index contributed by atoms with van der Waals surface area (Å²) in [6.07, 6.45) is 2.44. The molecule has 0 fully saturated rings. The van der Waals surface area contributed by atoms with E-state index in [2.05, 4.69) is 35.3 Å². The Kier molecular flexibility index (Phi) is 5.22. The van der Waals surface area contributed by atoms with E-state index in [4.69, 9.17) is 5.26 Å². The second-order valence-electron chi connectivity index (χ2n) is 6.99. The molecule has 0 atom stereocenters. The Morgan fingerprint density at radius 3 is 2.59 bits per heavy atom. The fourth-order valence-corrected chi connectivity index (χ4v) is 3.17. The van der Waals surface area contributed by atoms with Crippen molar-refractivity contribution >= 4 is 17.2 Å². The van der Waals surface area contributed by atoms with Crippen molar-refractivity contribution in [3.05, 3.63) is 58.5 Å². The smallest absolute Gasteiger partial charge is 0.224 e. The lowest BCUT2D eigenvalue weighted by Crippen LogP contribution is -2.14. The molecule has 2 aromatic heterocycles. The summed E-state index contributed by atoms with van der Waals surface area (Å²) in [7, 11) is 0. The minimum absolute atomic E-state index is 0.0376. The molecule has 27 heavy (non-hydrogen) atoms. The number of nitrogens with zero attached hydrogens (tertiary/aromatic N) is 4. The standard InChI is InChI=1S/C21H23N5O/c1-13(2)16-5-7-18(8-6-16)25-20(27)10-9-19-14(3)24-21-17(11-22)12-23-26(21)15(19)4/h5-8,12-13H,9-10H2,1-4H3,(H,25,27). The van der Waals surface area contributed by atoms with Gasteiger partial charge in [0.05, 0.1) is 6.20 Å². The van der Waals surface area contributed by atoms with Crippen LogP contribution in [-0.4, -0.2) is 20.5 Å². The summed E-state index contributed by atoms with van der Waals surface area (Å²) in [5, 5.41) is 16.3. The molecule has 0 aliphatic carbocycles. The first-order valence-electron chi connectivity index (χ1n) is 9.04. The molecule has 3 aromatic rings. The molecule has 138 valence electrons. The number of benzene rings is 1. The number of hydrogen-bond donors (Lipinski definition) is 1. The third-order valence-corrected chi connectivity index (χ3v) is 4.79. The van der Waals surface area contributed by atoms with Gasteiger partial charge in [-0.3, -0.25) is 4.79 Å². The predicted molar refractivity (Wildman–Crippen MR) is 105 cm³/mol. The number of carbonyl (C=O) groups excluding carboxylic acids is 1. The number of aryl methyl sites for hydroxylation is 2. The van der Waals surface area contributed by atoms with Crippen molar-refractivity contribution in [3.63, 3.8) is 0 Å². The number of rotatable bonds is 5. The van der Waals surface area contributed by atoms with Crippen LogP contribution in [0.2, 0.25) is 0 Å². The molecule has 6 nitrogen and oxygen atoms in total. The predicted octanol–water partition coefficient (Wildman–Crippen LogP) is 3.91. The molecule has 0 saturated heterocycles. The number of anilines is 1. The number of amides is 1. The lowest BCUT2D eigenvalue weighted by Gasteiger charge is -2.12. The fraction of sp³-hybridized carbons (Fsp3) is 0.333. The van der Waals surface area contributed by atoms with Crippen LogP contribution in [0, 0.1) is 25.2 Å². The average molecular weight is 361 g/mol. The maximum absolute atomic E-state index is 12.3. The SMILES string of the molecule is Cc1nc2c(C#N)cnn2c(C)c1CCC(=O)Nc1ccc(C(C)C)cc1. The Balaban J connectivity index is 1.71. The van der Waals surface area contributed by atoms with E-state index in [0.29, 0.717) is 30.0 Å². The van der Waals surface area contributed by atoms with Crippen molar-refractivity contribution in [2.45, 2.75) is 46.5 Å². The van der Waals surface area contributed by atoms with Crippen LogP contribution < -0.4 is 5.32 Å². The van der Waals surface area contributed by atoms with Crippen LogP contribution >= 0.6 is 0 Å². The third kappa shape index (κ3) is 3.82. The molecule has 0 aliphatic rings. The van der Waals surface area contributed by atoms with Gasteiger partial charge in [-0.15, -0.1) is 0 Å². The van der Waals surface area contributed by atoms with Crippen molar-refractivity contribution in [3.8, 4) is 6.07 Å².